The fourth-order valence-corrected chi connectivity index (χ4v) is 2.41. The van der Waals surface area contributed by atoms with Crippen LogP contribution in [0, 0.1) is 17.5 Å². The van der Waals surface area contributed by atoms with Crippen molar-refractivity contribution in [3.8, 4) is 0 Å². The second kappa shape index (κ2) is 9.94. The summed E-state index contributed by atoms with van der Waals surface area (Å²) in [7, 11) is 0. The molecule has 0 atom stereocenters. The molecule has 0 bridgehead atoms. The van der Waals surface area contributed by atoms with Crippen LogP contribution >= 0.6 is 0 Å². The van der Waals surface area contributed by atoms with Crippen LogP contribution in [0.5, 0.6) is 0 Å². The van der Waals surface area contributed by atoms with E-state index in [0.717, 1.165) is 30.5 Å². The molecule has 0 heterocycles. The van der Waals surface area contributed by atoms with E-state index < -0.39 is 29.0 Å². The number of anilines is 2. The number of benzene rings is 2. The quantitative estimate of drug-likeness (QED) is 0.455. The normalized spacial score (nSPS) is 10.7. The van der Waals surface area contributed by atoms with E-state index >= 15 is 0 Å². The fraction of sp³-hybridized carbons (Fsp3) is 0.316. The third-order valence-electron chi connectivity index (χ3n) is 3.81. The molecule has 0 radical (unpaired) electrons. The molecule has 27 heavy (non-hydrogen) atoms. The number of aliphatic hydroxyl groups is 1. The molecular formula is C19H21F3N2O3. The lowest BCUT2D eigenvalue weighted by Gasteiger charge is -2.14. The number of hydroxylamine groups is 1. The van der Waals surface area contributed by atoms with Gasteiger partial charge in [0.25, 0.3) is 5.91 Å². The van der Waals surface area contributed by atoms with E-state index in [4.69, 9.17) is 5.11 Å². The van der Waals surface area contributed by atoms with Crippen molar-refractivity contribution in [3.63, 3.8) is 0 Å². The summed E-state index contributed by atoms with van der Waals surface area (Å²) in [6.07, 6.45) is 2.58. The van der Waals surface area contributed by atoms with Gasteiger partial charge in [-0.2, -0.15) is 0 Å². The molecule has 0 saturated heterocycles. The molecule has 2 rings (SSSR count). The highest BCUT2D eigenvalue weighted by molar-refractivity contribution is 5.99. The third-order valence-corrected chi connectivity index (χ3v) is 3.81. The van der Waals surface area contributed by atoms with Gasteiger partial charge in [-0.05, 0) is 42.7 Å². The molecule has 0 saturated carbocycles. The molecule has 3 N–H and O–H groups in total. The summed E-state index contributed by atoms with van der Waals surface area (Å²) in [6.45, 7) is 1.51. The molecule has 2 aromatic rings. The molecule has 0 spiro atoms. The zero-order valence-corrected chi connectivity index (χ0v) is 14.8. The highest BCUT2D eigenvalue weighted by Crippen LogP contribution is 2.28. The lowest BCUT2D eigenvalue weighted by molar-refractivity contribution is 0.0168. The summed E-state index contributed by atoms with van der Waals surface area (Å²) in [4.78, 5) is 16.8. The molecule has 8 heteroatoms. The van der Waals surface area contributed by atoms with Crippen molar-refractivity contribution in [1.29, 1.82) is 0 Å². The predicted octanol–water partition coefficient (Wildman–Crippen LogP) is 3.84. The molecule has 0 aliphatic heterocycles. The van der Waals surface area contributed by atoms with Crippen LogP contribution in [0.4, 0.5) is 24.5 Å². The fourth-order valence-electron chi connectivity index (χ4n) is 2.41. The minimum Gasteiger partial charge on any atom is -0.394 e. The molecule has 0 unspecified atom stereocenters. The summed E-state index contributed by atoms with van der Waals surface area (Å²) in [5, 5.41) is 11.1. The van der Waals surface area contributed by atoms with Crippen molar-refractivity contribution in [3.05, 3.63) is 58.9 Å². The van der Waals surface area contributed by atoms with Crippen molar-refractivity contribution in [2.75, 3.05) is 18.5 Å². The topological polar surface area (TPSA) is 70.6 Å². The van der Waals surface area contributed by atoms with Crippen LogP contribution in [0.2, 0.25) is 0 Å². The first-order valence-electron chi connectivity index (χ1n) is 8.54. The number of carbonyl (C=O) groups excluding carboxylic acids is 1. The Morgan fingerprint density at radius 3 is 2.59 bits per heavy atom. The molecule has 0 aliphatic carbocycles. The van der Waals surface area contributed by atoms with E-state index in [1.54, 1.807) is 6.07 Å². The summed E-state index contributed by atoms with van der Waals surface area (Å²) >= 11 is 0. The van der Waals surface area contributed by atoms with Gasteiger partial charge in [-0.25, -0.2) is 18.7 Å². The van der Waals surface area contributed by atoms with E-state index in [1.165, 1.54) is 12.1 Å². The van der Waals surface area contributed by atoms with Crippen molar-refractivity contribution in [2.24, 2.45) is 0 Å². The van der Waals surface area contributed by atoms with Gasteiger partial charge in [0.05, 0.1) is 30.2 Å². The number of aliphatic hydroxyl groups excluding tert-OH is 1. The highest BCUT2D eigenvalue weighted by Gasteiger charge is 2.20. The van der Waals surface area contributed by atoms with Crippen LogP contribution in [0.3, 0.4) is 0 Å². The lowest BCUT2D eigenvalue weighted by atomic mass is 10.1. The molecule has 146 valence electrons. The van der Waals surface area contributed by atoms with E-state index in [0.29, 0.717) is 6.42 Å². The van der Waals surface area contributed by atoms with Gasteiger partial charge in [-0.15, -0.1) is 0 Å². The number of hydrogen-bond acceptors (Lipinski definition) is 4. The molecule has 0 fully saturated rings. The molecular weight excluding hydrogens is 361 g/mol. The molecule has 0 aliphatic rings. The second-order valence-corrected chi connectivity index (χ2v) is 5.83. The summed E-state index contributed by atoms with van der Waals surface area (Å²) in [5.41, 5.74) is 1.90. The number of nitrogens with one attached hydrogen (secondary N) is 2. The van der Waals surface area contributed by atoms with Gasteiger partial charge in [-0.3, -0.25) is 9.63 Å². The first kappa shape index (κ1) is 20.7. The maximum absolute atomic E-state index is 14.3. The second-order valence-electron chi connectivity index (χ2n) is 5.83. The van der Waals surface area contributed by atoms with Crippen LogP contribution in [0.15, 0.2) is 30.3 Å². The maximum Gasteiger partial charge on any atom is 0.277 e. The van der Waals surface area contributed by atoms with Crippen molar-refractivity contribution in [1.82, 2.24) is 5.48 Å². The number of halogens is 3. The zero-order chi connectivity index (χ0) is 19.8. The Kier molecular flexibility index (Phi) is 7.63. The number of amides is 1. The van der Waals surface area contributed by atoms with Crippen molar-refractivity contribution < 1.29 is 27.9 Å². The summed E-state index contributed by atoms with van der Waals surface area (Å²) in [5.74, 6) is -4.02. The largest absolute Gasteiger partial charge is 0.394 e. The van der Waals surface area contributed by atoms with E-state index in [2.05, 4.69) is 10.2 Å². The Morgan fingerprint density at radius 1 is 1.15 bits per heavy atom. The van der Waals surface area contributed by atoms with Crippen LogP contribution in [0.25, 0.3) is 0 Å². The van der Waals surface area contributed by atoms with Crippen molar-refractivity contribution >= 4 is 17.3 Å². The number of unbranched alkanes of at least 4 members (excludes halogenated alkanes) is 1. The van der Waals surface area contributed by atoms with Gasteiger partial charge >= 0.3 is 0 Å². The van der Waals surface area contributed by atoms with Gasteiger partial charge < -0.3 is 10.4 Å². The van der Waals surface area contributed by atoms with Gasteiger partial charge in [0, 0.05) is 0 Å². The number of hydrogen-bond donors (Lipinski definition) is 3. The van der Waals surface area contributed by atoms with Crippen LogP contribution in [0.1, 0.15) is 35.7 Å². The Labute approximate surface area is 155 Å². The van der Waals surface area contributed by atoms with Crippen molar-refractivity contribution in [2.45, 2.75) is 26.2 Å². The van der Waals surface area contributed by atoms with Gasteiger partial charge in [0.1, 0.15) is 5.82 Å². The molecule has 1 amide bonds. The minimum absolute atomic E-state index is 0.0925. The van der Waals surface area contributed by atoms with Crippen LogP contribution in [-0.2, 0) is 11.3 Å². The Balaban J connectivity index is 2.29. The Bertz CT molecular complexity index is 800. The Hall–Kier alpha value is -2.58. The standard InChI is InChI=1S/C19H21F3N2O3/c1-2-3-4-12-5-8-16(15(21)11-12)23-18-13(6-7-14(20)17(18)22)19(26)24-27-10-9-25/h5-8,11,23,25H,2-4,9-10H2,1H3,(H,24,26). The van der Waals surface area contributed by atoms with Gasteiger partial charge in [0.2, 0.25) is 0 Å². The molecule has 0 aromatic heterocycles. The monoisotopic (exact) mass is 382 g/mol. The van der Waals surface area contributed by atoms with E-state index in [1.807, 2.05) is 12.4 Å². The van der Waals surface area contributed by atoms with Crippen LogP contribution in [-0.4, -0.2) is 24.2 Å². The zero-order valence-electron chi connectivity index (χ0n) is 14.8. The molecule has 2 aromatic carbocycles. The first-order valence-corrected chi connectivity index (χ1v) is 8.54. The van der Waals surface area contributed by atoms with E-state index in [-0.39, 0.29) is 24.5 Å². The maximum atomic E-state index is 14.3. The smallest absolute Gasteiger partial charge is 0.277 e. The highest BCUT2D eigenvalue weighted by atomic mass is 19.2. The SMILES string of the molecule is CCCCc1ccc(Nc2c(C(=O)NOCCO)ccc(F)c2F)c(F)c1. The van der Waals surface area contributed by atoms with Crippen LogP contribution < -0.4 is 10.8 Å². The minimum atomic E-state index is -1.32. The molecule has 5 nitrogen and oxygen atoms in total. The third kappa shape index (κ3) is 5.45. The Morgan fingerprint density at radius 2 is 1.93 bits per heavy atom. The lowest BCUT2D eigenvalue weighted by Crippen LogP contribution is -2.26. The number of carbonyl (C=O) groups is 1. The van der Waals surface area contributed by atoms with Gasteiger partial charge in [-0.1, -0.05) is 19.4 Å². The van der Waals surface area contributed by atoms with Gasteiger partial charge in [0.15, 0.2) is 11.6 Å². The number of rotatable bonds is 9. The average Bonchev–Trinajstić information content (AvgIpc) is 2.65. The summed E-state index contributed by atoms with van der Waals surface area (Å²) in [6, 6.07) is 6.24. The first-order chi connectivity index (χ1) is 13.0. The average molecular weight is 382 g/mol. The number of aryl methyl sites for hydroxylation is 1. The summed E-state index contributed by atoms with van der Waals surface area (Å²) < 4.78 is 42.2. The van der Waals surface area contributed by atoms with E-state index in [9.17, 15) is 18.0 Å². The predicted molar refractivity (Wildman–Crippen MR) is 95.2 cm³/mol.